The third kappa shape index (κ3) is 10.7. The molecule has 252 valence electrons. The van der Waals surface area contributed by atoms with Crippen LogP contribution in [0.3, 0.4) is 0 Å². The maximum absolute atomic E-state index is 11.9. The summed E-state index contributed by atoms with van der Waals surface area (Å²) in [5.74, 6) is -0.715. The van der Waals surface area contributed by atoms with Crippen molar-refractivity contribution in [2.45, 2.75) is 20.8 Å². The zero-order chi connectivity index (χ0) is 34.3. The zero-order valence-electron chi connectivity index (χ0n) is 27.6. The number of aliphatic hydroxyl groups is 1. The predicted octanol–water partition coefficient (Wildman–Crippen LogP) is 7.99. The summed E-state index contributed by atoms with van der Waals surface area (Å²) >= 11 is 0. The van der Waals surface area contributed by atoms with E-state index in [4.69, 9.17) is 25.3 Å². The number of carbonyl (C=O) groups excluding carboxylic acids is 2. The smallest absolute Gasteiger partial charge is 0.339 e. The van der Waals surface area contributed by atoms with Crippen LogP contribution >= 0.6 is 12.4 Å². The van der Waals surface area contributed by atoms with Crippen LogP contribution in [0.5, 0.6) is 0 Å². The van der Waals surface area contributed by atoms with Crippen LogP contribution in [-0.4, -0.2) is 52.5 Å². The first kappa shape index (κ1) is 37.8. The van der Waals surface area contributed by atoms with Gasteiger partial charge >= 0.3 is 11.9 Å². The Labute approximate surface area is 291 Å². The minimum absolute atomic E-state index is 0. The van der Waals surface area contributed by atoms with E-state index in [0.29, 0.717) is 30.0 Å². The van der Waals surface area contributed by atoms with Crippen LogP contribution in [0.15, 0.2) is 127 Å². The standard InChI is InChI=1S/C25H20N2O2.C12H12N2O2.C2H6O.ClH/c1-2-29-25(28)21-15-20-13-14-22(16-23(20)26-17-21)27-24(18-9-5-3-6-10-18)19-11-7-4-8-12-19;1-2-16-12(15)9-5-8-3-4-10(13)6-11(8)14-7-9;1-2-3;/h3-17H,2H2,1H3;3-7H,2,13H2,1H3;3H,2H2,1H3;1H. The molecule has 0 atom stereocenters. The van der Waals surface area contributed by atoms with Crippen molar-refractivity contribution in [1.29, 1.82) is 0 Å². The van der Waals surface area contributed by atoms with Crippen molar-refractivity contribution in [3.8, 4) is 0 Å². The first-order valence-corrected chi connectivity index (χ1v) is 15.6. The third-order valence-electron chi connectivity index (χ3n) is 6.73. The van der Waals surface area contributed by atoms with Crippen molar-refractivity contribution in [3.63, 3.8) is 0 Å². The Bertz CT molecular complexity index is 1960. The fraction of sp³-hybridized carbons (Fsp3) is 0.154. The Morgan fingerprint density at radius 1 is 0.653 bits per heavy atom. The van der Waals surface area contributed by atoms with Gasteiger partial charge in [0, 0.05) is 46.6 Å². The molecule has 4 aromatic carbocycles. The quantitative estimate of drug-likeness (QED) is 0.0985. The van der Waals surface area contributed by atoms with Gasteiger partial charge in [-0.3, -0.25) is 9.97 Å². The van der Waals surface area contributed by atoms with E-state index in [0.717, 1.165) is 44.3 Å². The highest BCUT2D eigenvalue weighted by atomic mass is 35.5. The van der Waals surface area contributed by atoms with Crippen LogP contribution in [0, 0.1) is 0 Å². The zero-order valence-corrected chi connectivity index (χ0v) is 28.4. The fourth-order valence-electron chi connectivity index (χ4n) is 4.59. The molecule has 2 heterocycles. The van der Waals surface area contributed by atoms with Gasteiger partial charge in [-0.15, -0.1) is 12.4 Å². The van der Waals surface area contributed by atoms with Gasteiger partial charge in [0.1, 0.15) is 0 Å². The number of rotatable bonds is 7. The molecule has 0 fully saturated rings. The molecule has 0 bridgehead atoms. The van der Waals surface area contributed by atoms with Crippen molar-refractivity contribution in [1.82, 2.24) is 9.97 Å². The molecule has 0 amide bonds. The molecule has 6 aromatic rings. The topological polar surface area (TPSA) is 137 Å². The SMILES string of the molecule is CCO.CCOC(=O)c1cnc2cc(N)ccc2c1.CCOC(=O)c1cnc2cc(N=C(c3ccccc3)c3ccccc3)ccc2c1.Cl. The number of halogens is 1. The summed E-state index contributed by atoms with van der Waals surface area (Å²) in [6.45, 7) is 6.19. The Morgan fingerprint density at radius 2 is 1.10 bits per heavy atom. The van der Waals surface area contributed by atoms with Crippen LogP contribution in [-0.2, 0) is 9.47 Å². The van der Waals surface area contributed by atoms with E-state index in [1.165, 1.54) is 6.20 Å². The second-order valence-electron chi connectivity index (χ2n) is 10.2. The minimum Gasteiger partial charge on any atom is -0.462 e. The molecule has 0 aliphatic heterocycles. The fourth-order valence-corrected chi connectivity index (χ4v) is 4.59. The highest BCUT2D eigenvalue weighted by molar-refractivity contribution is 6.14. The van der Waals surface area contributed by atoms with E-state index in [1.54, 1.807) is 51.2 Å². The summed E-state index contributed by atoms with van der Waals surface area (Å²) in [5.41, 5.74) is 12.5. The summed E-state index contributed by atoms with van der Waals surface area (Å²) in [5, 5.41) is 9.32. The Morgan fingerprint density at radius 3 is 1.57 bits per heavy atom. The van der Waals surface area contributed by atoms with E-state index in [9.17, 15) is 9.59 Å². The average Bonchev–Trinajstić information content (AvgIpc) is 3.11. The van der Waals surface area contributed by atoms with Crippen LogP contribution < -0.4 is 5.73 Å². The lowest BCUT2D eigenvalue weighted by atomic mass is 10.0. The van der Waals surface area contributed by atoms with Gasteiger partial charge in [0.05, 0.1) is 46.8 Å². The number of pyridine rings is 2. The summed E-state index contributed by atoms with van der Waals surface area (Å²) in [6, 6.07) is 34.9. The number of esters is 2. The van der Waals surface area contributed by atoms with Gasteiger partial charge in [-0.2, -0.15) is 0 Å². The Kier molecular flexibility index (Phi) is 14.9. The van der Waals surface area contributed by atoms with E-state index < -0.39 is 0 Å². The monoisotopic (exact) mass is 678 g/mol. The molecule has 0 saturated heterocycles. The number of hydrogen-bond donors (Lipinski definition) is 2. The number of hydrogen-bond acceptors (Lipinski definition) is 9. The van der Waals surface area contributed by atoms with Gasteiger partial charge in [-0.25, -0.2) is 14.6 Å². The van der Waals surface area contributed by atoms with Gasteiger partial charge < -0.3 is 20.3 Å². The molecule has 10 heteroatoms. The molecule has 9 nitrogen and oxygen atoms in total. The first-order valence-electron chi connectivity index (χ1n) is 15.6. The van der Waals surface area contributed by atoms with E-state index >= 15 is 0 Å². The normalized spacial score (nSPS) is 9.96. The van der Waals surface area contributed by atoms with Gasteiger partial charge in [0.15, 0.2) is 0 Å². The number of ether oxygens (including phenoxy) is 2. The lowest BCUT2D eigenvalue weighted by Crippen LogP contribution is -2.05. The van der Waals surface area contributed by atoms with Crippen molar-refractivity contribution in [2.24, 2.45) is 4.99 Å². The maximum atomic E-state index is 11.9. The van der Waals surface area contributed by atoms with Crippen LogP contribution in [0.25, 0.3) is 21.8 Å². The number of aliphatic hydroxyl groups excluding tert-OH is 1. The minimum atomic E-state index is -0.362. The van der Waals surface area contributed by atoms with Gasteiger partial charge in [0.2, 0.25) is 0 Å². The van der Waals surface area contributed by atoms with Crippen LogP contribution in [0.4, 0.5) is 11.4 Å². The van der Waals surface area contributed by atoms with E-state index in [1.807, 2.05) is 60.7 Å². The molecule has 0 spiro atoms. The molecule has 2 aromatic heterocycles. The summed E-state index contributed by atoms with van der Waals surface area (Å²) < 4.78 is 9.95. The number of aliphatic imine (C=N–C) groups is 1. The van der Waals surface area contributed by atoms with Gasteiger partial charge in [0.25, 0.3) is 0 Å². The number of fused-ring (bicyclic) bond motifs is 2. The predicted molar refractivity (Wildman–Crippen MR) is 198 cm³/mol. The average molecular weight is 679 g/mol. The molecule has 3 N–H and O–H groups in total. The summed E-state index contributed by atoms with van der Waals surface area (Å²) in [7, 11) is 0. The summed E-state index contributed by atoms with van der Waals surface area (Å²) in [4.78, 5) is 36.9. The lowest BCUT2D eigenvalue weighted by molar-refractivity contribution is 0.0516. The number of nitrogen functional groups attached to an aromatic ring is 1. The molecule has 0 saturated carbocycles. The van der Waals surface area contributed by atoms with E-state index in [-0.39, 0.29) is 31.0 Å². The largest absolute Gasteiger partial charge is 0.462 e. The van der Waals surface area contributed by atoms with Crippen molar-refractivity contribution in [2.75, 3.05) is 25.6 Å². The number of aromatic nitrogens is 2. The first-order chi connectivity index (χ1) is 23.4. The number of nitrogens with two attached hydrogens (primary N) is 1. The van der Waals surface area contributed by atoms with Gasteiger partial charge in [-0.1, -0.05) is 72.8 Å². The number of benzene rings is 4. The molecular weight excluding hydrogens is 640 g/mol. The lowest BCUT2D eigenvalue weighted by Gasteiger charge is -2.08. The van der Waals surface area contributed by atoms with Crippen LogP contribution in [0.2, 0.25) is 0 Å². The van der Waals surface area contributed by atoms with Crippen LogP contribution in [0.1, 0.15) is 52.6 Å². The summed E-state index contributed by atoms with van der Waals surface area (Å²) in [6.07, 6.45) is 3.04. The van der Waals surface area contributed by atoms with Crippen molar-refractivity contribution >= 4 is 63.2 Å². The highest BCUT2D eigenvalue weighted by Gasteiger charge is 2.11. The maximum Gasteiger partial charge on any atom is 0.339 e. The Balaban J connectivity index is 0.000000275. The Hall–Kier alpha value is -5.64. The second-order valence-corrected chi connectivity index (χ2v) is 10.2. The van der Waals surface area contributed by atoms with Gasteiger partial charge in [-0.05, 0) is 57.2 Å². The molecule has 49 heavy (non-hydrogen) atoms. The third-order valence-corrected chi connectivity index (χ3v) is 6.73. The number of carbonyl (C=O) groups is 2. The molecule has 0 radical (unpaired) electrons. The number of nitrogens with zero attached hydrogens (tertiary/aromatic N) is 3. The molecule has 0 unspecified atom stereocenters. The van der Waals surface area contributed by atoms with Crippen molar-refractivity contribution < 1.29 is 24.2 Å². The number of anilines is 1. The molecule has 0 aliphatic carbocycles. The molecular formula is C39H39ClN4O5. The van der Waals surface area contributed by atoms with Crippen molar-refractivity contribution in [3.05, 3.63) is 144 Å². The highest BCUT2D eigenvalue weighted by Crippen LogP contribution is 2.24. The molecule has 6 rings (SSSR count). The molecule has 0 aliphatic rings. The van der Waals surface area contributed by atoms with E-state index in [2.05, 4.69) is 34.2 Å². The second kappa shape index (κ2) is 19.2.